The maximum absolute atomic E-state index is 6.12. The largest absolute Gasteiger partial charge is 0.329 e. The number of benzene rings is 1. The Hall–Kier alpha value is -0.130. The van der Waals surface area contributed by atoms with Crippen molar-refractivity contribution in [1.82, 2.24) is 9.80 Å². The predicted molar refractivity (Wildman–Crippen MR) is 91.4 cm³/mol. The van der Waals surface area contributed by atoms with E-state index in [4.69, 9.17) is 17.3 Å². The third-order valence-electron chi connectivity index (χ3n) is 3.44. The fourth-order valence-electron chi connectivity index (χ4n) is 2.37. The fourth-order valence-corrected chi connectivity index (χ4v) is 3.06. The monoisotopic (exact) mass is 361 g/mol. The first-order valence-electron chi connectivity index (χ1n) is 7.03. The quantitative estimate of drug-likeness (QED) is 0.769. The highest BCUT2D eigenvalue weighted by Crippen LogP contribution is 2.30. The Morgan fingerprint density at radius 2 is 2.00 bits per heavy atom. The molecule has 0 fully saturated rings. The second kappa shape index (κ2) is 9.00. The maximum Gasteiger partial charge on any atom is 0.0482 e. The Bertz CT molecular complexity index is 412. The summed E-state index contributed by atoms with van der Waals surface area (Å²) in [6, 6.07) is 6.10. The molecule has 1 unspecified atom stereocenters. The zero-order chi connectivity index (χ0) is 15.1. The number of hydrogen-bond acceptors (Lipinski definition) is 3. The highest BCUT2D eigenvalue weighted by Gasteiger charge is 2.20. The zero-order valence-corrected chi connectivity index (χ0v) is 14.9. The van der Waals surface area contributed by atoms with E-state index in [0.717, 1.165) is 35.6 Å². The van der Waals surface area contributed by atoms with Crippen LogP contribution >= 0.6 is 27.5 Å². The van der Waals surface area contributed by atoms with E-state index in [-0.39, 0.29) is 6.04 Å². The third-order valence-corrected chi connectivity index (χ3v) is 4.40. The van der Waals surface area contributed by atoms with E-state index in [1.807, 2.05) is 18.2 Å². The van der Waals surface area contributed by atoms with Crippen LogP contribution in [0.1, 0.15) is 24.9 Å². The molecule has 0 aliphatic heterocycles. The Morgan fingerprint density at radius 1 is 1.30 bits per heavy atom. The van der Waals surface area contributed by atoms with Gasteiger partial charge in [0.05, 0.1) is 0 Å². The van der Waals surface area contributed by atoms with Crippen molar-refractivity contribution in [2.24, 2.45) is 5.73 Å². The Kier molecular flexibility index (Phi) is 8.07. The summed E-state index contributed by atoms with van der Waals surface area (Å²) >= 11 is 9.74. The Balaban J connectivity index is 2.82. The highest BCUT2D eigenvalue weighted by atomic mass is 79.9. The minimum atomic E-state index is 0.204. The van der Waals surface area contributed by atoms with Crippen LogP contribution in [0.5, 0.6) is 0 Å². The number of nitrogens with zero attached hydrogens (tertiary/aromatic N) is 2. The molecule has 0 aliphatic rings. The van der Waals surface area contributed by atoms with Gasteiger partial charge in [-0.1, -0.05) is 34.5 Å². The topological polar surface area (TPSA) is 32.5 Å². The summed E-state index contributed by atoms with van der Waals surface area (Å²) in [5.41, 5.74) is 7.19. The molecule has 0 amide bonds. The van der Waals surface area contributed by atoms with Gasteiger partial charge in [0.1, 0.15) is 0 Å². The number of likely N-dealkylation sites (N-methyl/N-ethyl adjacent to an activating group) is 1. The van der Waals surface area contributed by atoms with Crippen LogP contribution in [-0.4, -0.2) is 50.1 Å². The van der Waals surface area contributed by atoms with Gasteiger partial charge in [0.25, 0.3) is 0 Å². The first kappa shape index (κ1) is 17.9. The second-order valence-corrected chi connectivity index (χ2v) is 6.49. The molecule has 1 rings (SSSR count). The third kappa shape index (κ3) is 5.34. The molecule has 0 saturated carbocycles. The smallest absolute Gasteiger partial charge is 0.0482 e. The molecular formula is C15H25BrClN3. The van der Waals surface area contributed by atoms with Crippen molar-refractivity contribution in [2.75, 3.05) is 40.3 Å². The van der Waals surface area contributed by atoms with Gasteiger partial charge in [0.2, 0.25) is 0 Å². The molecule has 0 heterocycles. The van der Waals surface area contributed by atoms with Gasteiger partial charge in [-0.2, -0.15) is 0 Å². The molecule has 114 valence electrons. The SMILES string of the molecule is CCN(CCCN(C)C)C(CN)c1cc(Cl)ccc1Br. The first-order valence-corrected chi connectivity index (χ1v) is 8.20. The number of hydrogen-bond donors (Lipinski definition) is 1. The van der Waals surface area contributed by atoms with Crippen LogP contribution in [0.15, 0.2) is 22.7 Å². The van der Waals surface area contributed by atoms with Crippen molar-refractivity contribution in [2.45, 2.75) is 19.4 Å². The Labute approximate surface area is 136 Å². The van der Waals surface area contributed by atoms with E-state index in [0.29, 0.717) is 6.54 Å². The van der Waals surface area contributed by atoms with Gasteiger partial charge < -0.3 is 10.6 Å². The molecule has 0 spiro atoms. The van der Waals surface area contributed by atoms with E-state index < -0.39 is 0 Å². The summed E-state index contributed by atoms with van der Waals surface area (Å²) in [4.78, 5) is 4.63. The van der Waals surface area contributed by atoms with E-state index in [2.05, 4.69) is 46.7 Å². The second-order valence-electron chi connectivity index (χ2n) is 5.20. The van der Waals surface area contributed by atoms with Crippen molar-refractivity contribution in [3.8, 4) is 0 Å². The lowest BCUT2D eigenvalue weighted by molar-refractivity contribution is 0.201. The van der Waals surface area contributed by atoms with Crippen LogP contribution in [0, 0.1) is 0 Å². The average Bonchev–Trinajstić information content (AvgIpc) is 2.41. The van der Waals surface area contributed by atoms with Crippen LogP contribution in [0.4, 0.5) is 0 Å². The molecule has 2 N–H and O–H groups in total. The normalized spacial score (nSPS) is 13.2. The molecule has 1 atom stereocenters. The zero-order valence-electron chi connectivity index (χ0n) is 12.6. The molecule has 0 aliphatic carbocycles. The number of nitrogens with two attached hydrogens (primary N) is 1. The van der Waals surface area contributed by atoms with Crippen molar-refractivity contribution in [3.63, 3.8) is 0 Å². The molecule has 1 aromatic rings. The molecule has 20 heavy (non-hydrogen) atoms. The van der Waals surface area contributed by atoms with Gasteiger partial charge in [-0.25, -0.2) is 0 Å². The first-order chi connectivity index (χ1) is 9.49. The predicted octanol–water partition coefficient (Wildman–Crippen LogP) is 3.38. The van der Waals surface area contributed by atoms with Crippen molar-refractivity contribution < 1.29 is 0 Å². The van der Waals surface area contributed by atoms with Crippen LogP contribution in [0.3, 0.4) is 0 Å². The van der Waals surface area contributed by atoms with Gasteiger partial charge in [-0.3, -0.25) is 4.90 Å². The Morgan fingerprint density at radius 3 is 2.55 bits per heavy atom. The lowest BCUT2D eigenvalue weighted by Crippen LogP contribution is -2.35. The van der Waals surface area contributed by atoms with E-state index in [1.54, 1.807) is 0 Å². The van der Waals surface area contributed by atoms with Crippen molar-refractivity contribution in [3.05, 3.63) is 33.3 Å². The molecule has 1 aromatic carbocycles. The minimum absolute atomic E-state index is 0.204. The highest BCUT2D eigenvalue weighted by molar-refractivity contribution is 9.10. The summed E-state index contributed by atoms with van der Waals surface area (Å²) in [7, 11) is 4.20. The molecule has 5 heteroatoms. The van der Waals surface area contributed by atoms with Crippen LogP contribution < -0.4 is 5.73 Å². The average molecular weight is 363 g/mol. The van der Waals surface area contributed by atoms with Gasteiger partial charge in [-0.05, 0) is 57.4 Å². The lowest BCUT2D eigenvalue weighted by atomic mass is 10.0. The van der Waals surface area contributed by atoms with Crippen LogP contribution in [0.25, 0.3) is 0 Å². The summed E-state index contributed by atoms with van der Waals surface area (Å²) < 4.78 is 1.07. The summed E-state index contributed by atoms with van der Waals surface area (Å²) in [5, 5.41) is 0.756. The van der Waals surface area contributed by atoms with E-state index in [1.165, 1.54) is 5.56 Å². The molecule has 3 nitrogen and oxygen atoms in total. The van der Waals surface area contributed by atoms with E-state index >= 15 is 0 Å². The fraction of sp³-hybridized carbons (Fsp3) is 0.600. The molecule has 0 aromatic heterocycles. The summed E-state index contributed by atoms with van der Waals surface area (Å²) in [6.45, 7) is 5.87. The van der Waals surface area contributed by atoms with Crippen molar-refractivity contribution >= 4 is 27.5 Å². The molecule has 0 radical (unpaired) electrons. The van der Waals surface area contributed by atoms with Gasteiger partial charge in [0.15, 0.2) is 0 Å². The maximum atomic E-state index is 6.12. The minimum Gasteiger partial charge on any atom is -0.329 e. The lowest BCUT2D eigenvalue weighted by Gasteiger charge is -2.31. The molecule has 0 bridgehead atoms. The van der Waals surface area contributed by atoms with Crippen molar-refractivity contribution in [1.29, 1.82) is 0 Å². The molecular weight excluding hydrogens is 338 g/mol. The number of rotatable bonds is 8. The summed E-state index contributed by atoms with van der Waals surface area (Å²) in [6.07, 6.45) is 1.13. The van der Waals surface area contributed by atoms with Gasteiger partial charge in [0, 0.05) is 28.6 Å². The van der Waals surface area contributed by atoms with Crippen LogP contribution in [0.2, 0.25) is 5.02 Å². The van der Waals surface area contributed by atoms with Gasteiger partial charge in [-0.15, -0.1) is 0 Å². The van der Waals surface area contributed by atoms with Crippen LogP contribution in [-0.2, 0) is 0 Å². The van der Waals surface area contributed by atoms with Gasteiger partial charge >= 0.3 is 0 Å². The summed E-state index contributed by atoms with van der Waals surface area (Å²) in [5.74, 6) is 0. The standard InChI is InChI=1S/C15H25BrClN3/c1-4-20(9-5-8-19(2)3)15(11-18)13-10-12(17)6-7-14(13)16/h6-7,10,15H,4-5,8-9,11,18H2,1-3H3. The molecule has 0 saturated heterocycles. The number of halogens is 2. The van der Waals surface area contributed by atoms with E-state index in [9.17, 15) is 0 Å².